The zero-order chi connectivity index (χ0) is 13.4. The fourth-order valence-electron chi connectivity index (χ4n) is 1.75. The maximum atomic E-state index is 11.7. The van der Waals surface area contributed by atoms with Crippen LogP contribution in [-0.4, -0.2) is 34.6 Å². The zero-order valence-corrected chi connectivity index (χ0v) is 11.9. The topological polar surface area (TPSA) is 49.0 Å². The van der Waals surface area contributed by atoms with Crippen molar-refractivity contribution in [3.8, 4) is 0 Å². The molecule has 17 heavy (non-hydrogen) atoms. The number of H-pyrrole nitrogens is 1. The molecule has 0 bridgehead atoms. The van der Waals surface area contributed by atoms with Crippen LogP contribution in [0.25, 0.3) is 0 Å². The van der Waals surface area contributed by atoms with Crippen LogP contribution in [0.5, 0.6) is 0 Å². The summed E-state index contributed by atoms with van der Waals surface area (Å²) in [6.45, 7) is 10.7. The number of fused-ring (bicyclic) bond motifs is 1. The first-order valence-corrected chi connectivity index (χ1v) is 6.47. The van der Waals surface area contributed by atoms with Crippen LogP contribution in [0.2, 0.25) is 0 Å². The highest BCUT2D eigenvalue weighted by atomic mass is 16.2. The van der Waals surface area contributed by atoms with Gasteiger partial charge in [0.25, 0.3) is 0 Å². The van der Waals surface area contributed by atoms with Gasteiger partial charge in [-0.25, -0.2) is 0 Å². The third-order valence-electron chi connectivity index (χ3n) is 2.66. The number of aromatic amines is 1. The van der Waals surface area contributed by atoms with Crippen LogP contribution in [0.15, 0.2) is 6.20 Å². The van der Waals surface area contributed by atoms with Crippen molar-refractivity contribution in [1.82, 2.24) is 15.1 Å². The SMILES string of the molecule is CC.CC.CC1C(=O)N(C)CCc2[nH]ncc21. The normalized spacial score (nSPS) is 18.1. The van der Waals surface area contributed by atoms with E-state index in [1.54, 1.807) is 11.1 Å². The van der Waals surface area contributed by atoms with Crippen LogP contribution in [0, 0.1) is 0 Å². The van der Waals surface area contributed by atoms with Crippen LogP contribution in [0.3, 0.4) is 0 Å². The van der Waals surface area contributed by atoms with Crippen LogP contribution < -0.4 is 0 Å². The molecular weight excluding hydrogens is 214 g/mol. The Morgan fingerprint density at radius 2 is 1.94 bits per heavy atom. The van der Waals surface area contributed by atoms with Gasteiger partial charge in [-0.2, -0.15) is 5.10 Å². The van der Waals surface area contributed by atoms with E-state index in [-0.39, 0.29) is 11.8 Å². The molecule has 1 amide bonds. The number of amides is 1. The monoisotopic (exact) mass is 239 g/mol. The van der Waals surface area contributed by atoms with Crippen LogP contribution >= 0.6 is 0 Å². The van der Waals surface area contributed by atoms with Crippen LogP contribution in [0.1, 0.15) is 51.8 Å². The molecule has 2 rings (SSSR count). The van der Waals surface area contributed by atoms with E-state index < -0.39 is 0 Å². The summed E-state index contributed by atoms with van der Waals surface area (Å²) in [7, 11) is 1.85. The molecule has 0 aromatic carbocycles. The predicted octanol–water partition coefficient (Wildman–Crippen LogP) is 2.58. The molecule has 0 aliphatic carbocycles. The quantitative estimate of drug-likeness (QED) is 0.756. The molecule has 1 N–H and O–H groups in total. The lowest BCUT2D eigenvalue weighted by Gasteiger charge is -2.16. The molecule has 98 valence electrons. The minimum absolute atomic E-state index is 0.0544. The number of rotatable bonds is 0. The van der Waals surface area contributed by atoms with Gasteiger partial charge in [-0.05, 0) is 6.92 Å². The summed E-state index contributed by atoms with van der Waals surface area (Å²) in [6, 6.07) is 0. The Balaban J connectivity index is 0.000000581. The van der Waals surface area contributed by atoms with E-state index in [0.717, 1.165) is 24.2 Å². The Labute approximate surface area is 104 Å². The van der Waals surface area contributed by atoms with Gasteiger partial charge in [-0.15, -0.1) is 0 Å². The Bertz CT molecular complexity index is 333. The number of carbonyl (C=O) groups excluding carboxylic acids is 1. The molecule has 4 heteroatoms. The van der Waals surface area contributed by atoms with Gasteiger partial charge >= 0.3 is 0 Å². The van der Waals surface area contributed by atoms with Gasteiger partial charge < -0.3 is 4.90 Å². The summed E-state index contributed by atoms with van der Waals surface area (Å²) >= 11 is 0. The Morgan fingerprint density at radius 3 is 2.53 bits per heavy atom. The van der Waals surface area contributed by atoms with E-state index in [0.29, 0.717) is 0 Å². The summed E-state index contributed by atoms with van der Waals surface area (Å²) in [5, 5.41) is 6.90. The lowest BCUT2D eigenvalue weighted by molar-refractivity contribution is -0.130. The first-order chi connectivity index (χ1) is 8.20. The second kappa shape index (κ2) is 7.87. The molecular formula is C13H25N3O. The number of nitrogens with one attached hydrogen (secondary N) is 1. The van der Waals surface area contributed by atoms with Gasteiger partial charge in [0.2, 0.25) is 5.91 Å². The summed E-state index contributed by atoms with van der Waals surface area (Å²) < 4.78 is 0. The standard InChI is InChI=1S/C9H13N3O.2C2H6/c1-6-7-5-10-11-8(7)3-4-12(2)9(6)13;2*1-2/h5-6H,3-4H2,1-2H3,(H,10,11);2*1-2H3. The number of nitrogens with zero attached hydrogens (tertiary/aromatic N) is 2. The molecule has 0 spiro atoms. The highest BCUT2D eigenvalue weighted by Gasteiger charge is 2.26. The first kappa shape index (κ1) is 15.7. The van der Waals surface area contributed by atoms with Crippen molar-refractivity contribution in [2.45, 2.75) is 47.0 Å². The number of hydrogen-bond acceptors (Lipinski definition) is 2. The molecule has 0 saturated heterocycles. The van der Waals surface area contributed by atoms with Gasteiger partial charge in [0.15, 0.2) is 0 Å². The number of carbonyl (C=O) groups is 1. The van der Waals surface area contributed by atoms with E-state index in [9.17, 15) is 4.79 Å². The molecule has 2 heterocycles. The first-order valence-electron chi connectivity index (χ1n) is 6.47. The lowest BCUT2D eigenvalue weighted by atomic mass is 10.0. The van der Waals surface area contributed by atoms with E-state index in [2.05, 4.69) is 10.2 Å². The molecule has 0 fully saturated rings. The van der Waals surface area contributed by atoms with E-state index in [1.807, 2.05) is 41.7 Å². The van der Waals surface area contributed by atoms with Crippen molar-refractivity contribution in [2.75, 3.05) is 13.6 Å². The fraction of sp³-hybridized carbons (Fsp3) is 0.692. The van der Waals surface area contributed by atoms with Crippen molar-refractivity contribution in [1.29, 1.82) is 0 Å². The molecule has 0 radical (unpaired) electrons. The minimum atomic E-state index is -0.0544. The summed E-state index contributed by atoms with van der Waals surface area (Å²) in [5.74, 6) is 0.126. The zero-order valence-electron chi connectivity index (χ0n) is 11.9. The van der Waals surface area contributed by atoms with Crippen molar-refractivity contribution in [3.05, 3.63) is 17.5 Å². The second-order valence-electron chi connectivity index (χ2n) is 3.54. The van der Waals surface area contributed by atoms with Gasteiger partial charge in [0.1, 0.15) is 0 Å². The molecule has 4 nitrogen and oxygen atoms in total. The van der Waals surface area contributed by atoms with Crippen LogP contribution in [0.4, 0.5) is 0 Å². The average molecular weight is 239 g/mol. The molecule has 0 saturated carbocycles. The second-order valence-corrected chi connectivity index (χ2v) is 3.54. The average Bonchev–Trinajstić information content (AvgIpc) is 2.83. The third kappa shape index (κ3) is 3.58. The number of likely N-dealkylation sites (N-methyl/N-ethyl adjacent to an activating group) is 1. The van der Waals surface area contributed by atoms with Gasteiger partial charge in [0, 0.05) is 31.3 Å². The van der Waals surface area contributed by atoms with E-state index in [1.165, 1.54) is 0 Å². The maximum Gasteiger partial charge on any atom is 0.229 e. The molecule has 1 aromatic heterocycles. The van der Waals surface area contributed by atoms with Crippen LogP contribution in [-0.2, 0) is 11.2 Å². The summed E-state index contributed by atoms with van der Waals surface area (Å²) in [6.07, 6.45) is 2.64. The van der Waals surface area contributed by atoms with E-state index in [4.69, 9.17) is 0 Å². The van der Waals surface area contributed by atoms with Crippen molar-refractivity contribution in [3.63, 3.8) is 0 Å². The Kier molecular flexibility index (Phi) is 7.26. The van der Waals surface area contributed by atoms with Crippen molar-refractivity contribution >= 4 is 5.91 Å². The number of aromatic nitrogens is 2. The molecule has 1 aliphatic rings. The summed E-state index contributed by atoms with van der Waals surface area (Å²) in [4.78, 5) is 13.5. The van der Waals surface area contributed by atoms with Crippen molar-refractivity contribution in [2.24, 2.45) is 0 Å². The Hall–Kier alpha value is -1.32. The summed E-state index contributed by atoms with van der Waals surface area (Å²) in [5.41, 5.74) is 2.15. The number of hydrogen-bond donors (Lipinski definition) is 1. The molecule has 1 atom stereocenters. The molecule has 1 aliphatic heterocycles. The van der Waals surface area contributed by atoms with E-state index >= 15 is 0 Å². The largest absolute Gasteiger partial charge is 0.345 e. The maximum absolute atomic E-state index is 11.7. The van der Waals surface area contributed by atoms with Crippen molar-refractivity contribution < 1.29 is 4.79 Å². The minimum Gasteiger partial charge on any atom is -0.345 e. The highest BCUT2D eigenvalue weighted by molar-refractivity contribution is 5.83. The highest BCUT2D eigenvalue weighted by Crippen LogP contribution is 2.23. The van der Waals surface area contributed by atoms with Gasteiger partial charge in [-0.3, -0.25) is 9.89 Å². The lowest BCUT2D eigenvalue weighted by Crippen LogP contribution is -2.29. The molecule has 1 unspecified atom stereocenters. The predicted molar refractivity (Wildman–Crippen MR) is 71.0 cm³/mol. The smallest absolute Gasteiger partial charge is 0.229 e. The third-order valence-corrected chi connectivity index (χ3v) is 2.66. The molecule has 1 aromatic rings. The fourth-order valence-corrected chi connectivity index (χ4v) is 1.75. The van der Waals surface area contributed by atoms with Gasteiger partial charge in [0.05, 0.1) is 12.1 Å². The Morgan fingerprint density at radius 1 is 1.35 bits per heavy atom. The van der Waals surface area contributed by atoms with Gasteiger partial charge in [-0.1, -0.05) is 27.7 Å².